The van der Waals surface area contributed by atoms with Gasteiger partial charge in [0.2, 0.25) is 0 Å². The van der Waals surface area contributed by atoms with E-state index in [1.54, 1.807) is 0 Å². The summed E-state index contributed by atoms with van der Waals surface area (Å²) in [6.45, 7) is 4.57. The van der Waals surface area contributed by atoms with Crippen LogP contribution < -0.4 is 0 Å². The first-order valence-electron chi connectivity index (χ1n) is 8.29. The summed E-state index contributed by atoms with van der Waals surface area (Å²) in [4.78, 5) is 2.67. The van der Waals surface area contributed by atoms with E-state index in [9.17, 15) is 5.11 Å². The largest absolute Gasteiger partial charge is 0.373 e. The summed E-state index contributed by atoms with van der Waals surface area (Å²) < 4.78 is 2.26. The Labute approximate surface area is 125 Å². The molecule has 1 aromatic carbocycles. The zero-order valence-electron chi connectivity index (χ0n) is 12.5. The van der Waals surface area contributed by atoms with Gasteiger partial charge in [-0.1, -0.05) is 12.1 Å². The SMILES string of the molecule is Cc1ccc2c3c4n(c2c1)C(O)C[C@H]1CCCN(CC3)[C@@H]41. The van der Waals surface area contributed by atoms with Gasteiger partial charge in [-0.25, -0.2) is 0 Å². The number of fused-ring (bicyclic) bond motifs is 3. The Morgan fingerprint density at radius 2 is 2.14 bits per heavy atom. The summed E-state index contributed by atoms with van der Waals surface area (Å²) in [5, 5.41) is 12.1. The Hall–Kier alpha value is -1.32. The number of benzene rings is 1. The van der Waals surface area contributed by atoms with E-state index in [4.69, 9.17) is 0 Å². The molecule has 3 aliphatic rings. The highest BCUT2D eigenvalue weighted by Crippen LogP contribution is 2.50. The quantitative estimate of drug-likeness (QED) is 0.804. The molecule has 1 aromatic heterocycles. The third-order valence-corrected chi connectivity index (χ3v) is 5.91. The highest BCUT2D eigenvalue weighted by molar-refractivity contribution is 5.87. The lowest BCUT2D eigenvalue weighted by atomic mass is 9.78. The molecule has 4 heterocycles. The van der Waals surface area contributed by atoms with Crippen LogP contribution in [0, 0.1) is 12.8 Å². The highest BCUT2D eigenvalue weighted by Gasteiger charge is 2.44. The number of hydrogen-bond donors (Lipinski definition) is 1. The Kier molecular flexibility index (Phi) is 2.40. The third kappa shape index (κ3) is 1.51. The molecule has 0 saturated carbocycles. The molecule has 0 spiro atoms. The minimum atomic E-state index is -0.336. The summed E-state index contributed by atoms with van der Waals surface area (Å²) in [5.41, 5.74) is 5.48. The Balaban J connectivity index is 1.85. The molecule has 1 unspecified atom stereocenters. The minimum absolute atomic E-state index is 0.336. The molecule has 21 heavy (non-hydrogen) atoms. The molecule has 3 atom stereocenters. The number of aryl methyl sites for hydroxylation is 1. The molecule has 3 aliphatic heterocycles. The van der Waals surface area contributed by atoms with E-state index in [1.165, 1.54) is 53.7 Å². The predicted molar refractivity (Wildman–Crippen MR) is 83.3 cm³/mol. The fourth-order valence-electron chi connectivity index (χ4n) is 5.09. The Morgan fingerprint density at radius 3 is 3.05 bits per heavy atom. The van der Waals surface area contributed by atoms with Crippen LogP contribution in [0.2, 0.25) is 0 Å². The summed E-state index contributed by atoms with van der Waals surface area (Å²) in [7, 11) is 0. The second kappa shape index (κ2) is 4.11. The van der Waals surface area contributed by atoms with Crippen LogP contribution >= 0.6 is 0 Å². The van der Waals surface area contributed by atoms with Crippen LogP contribution in [0.15, 0.2) is 18.2 Å². The Morgan fingerprint density at radius 1 is 1.24 bits per heavy atom. The summed E-state index contributed by atoms with van der Waals surface area (Å²) in [6.07, 6.45) is 4.29. The molecule has 5 rings (SSSR count). The first kappa shape index (κ1) is 12.2. The maximum absolute atomic E-state index is 10.8. The second-order valence-corrected chi connectivity index (χ2v) is 7.10. The molecular weight excluding hydrogens is 260 g/mol. The first-order valence-corrected chi connectivity index (χ1v) is 8.29. The topological polar surface area (TPSA) is 28.4 Å². The zero-order valence-corrected chi connectivity index (χ0v) is 12.5. The second-order valence-electron chi connectivity index (χ2n) is 7.10. The zero-order chi connectivity index (χ0) is 14.1. The van der Waals surface area contributed by atoms with Crippen LogP contribution in [0.4, 0.5) is 0 Å². The molecule has 0 bridgehead atoms. The predicted octanol–water partition coefficient (Wildman–Crippen LogP) is 3.15. The third-order valence-electron chi connectivity index (χ3n) is 5.91. The van der Waals surface area contributed by atoms with Gasteiger partial charge in [-0.05, 0) is 62.3 Å². The van der Waals surface area contributed by atoms with Gasteiger partial charge in [0.25, 0.3) is 0 Å². The molecule has 1 saturated heterocycles. The molecular formula is C18H22N2O. The summed E-state index contributed by atoms with van der Waals surface area (Å²) in [5.74, 6) is 0.644. The minimum Gasteiger partial charge on any atom is -0.373 e. The van der Waals surface area contributed by atoms with Crippen molar-refractivity contribution in [3.63, 3.8) is 0 Å². The average molecular weight is 282 g/mol. The van der Waals surface area contributed by atoms with Crippen molar-refractivity contribution >= 4 is 10.9 Å². The highest BCUT2D eigenvalue weighted by atomic mass is 16.3. The lowest BCUT2D eigenvalue weighted by molar-refractivity contribution is -0.0148. The number of hydrogen-bond acceptors (Lipinski definition) is 2. The molecule has 3 nitrogen and oxygen atoms in total. The van der Waals surface area contributed by atoms with Crippen molar-refractivity contribution in [3.8, 4) is 0 Å². The van der Waals surface area contributed by atoms with E-state index in [0.29, 0.717) is 12.0 Å². The lowest BCUT2D eigenvalue weighted by Gasteiger charge is -2.48. The van der Waals surface area contributed by atoms with Gasteiger partial charge < -0.3 is 9.67 Å². The van der Waals surface area contributed by atoms with Gasteiger partial charge in [0, 0.05) is 17.6 Å². The number of piperidine rings is 1. The fraction of sp³-hybridized carbons (Fsp3) is 0.556. The van der Waals surface area contributed by atoms with Crippen LogP contribution in [0.1, 0.15) is 48.4 Å². The van der Waals surface area contributed by atoms with Gasteiger partial charge >= 0.3 is 0 Å². The van der Waals surface area contributed by atoms with Crippen LogP contribution in [-0.2, 0) is 6.42 Å². The van der Waals surface area contributed by atoms with Crippen LogP contribution in [0.5, 0.6) is 0 Å². The van der Waals surface area contributed by atoms with Gasteiger partial charge in [0.1, 0.15) is 6.23 Å². The van der Waals surface area contributed by atoms with Gasteiger partial charge in [-0.15, -0.1) is 0 Å². The van der Waals surface area contributed by atoms with E-state index < -0.39 is 0 Å². The van der Waals surface area contributed by atoms with Crippen molar-refractivity contribution in [3.05, 3.63) is 35.0 Å². The van der Waals surface area contributed by atoms with E-state index in [-0.39, 0.29) is 6.23 Å². The van der Waals surface area contributed by atoms with Gasteiger partial charge in [-0.3, -0.25) is 4.90 Å². The van der Waals surface area contributed by atoms with Crippen molar-refractivity contribution in [1.29, 1.82) is 0 Å². The average Bonchev–Trinajstić information content (AvgIpc) is 2.81. The van der Waals surface area contributed by atoms with E-state index >= 15 is 0 Å². The van der Waals surface area contributed by atoms with Crippen molar-refractivity contribution in [2.45, 2.75) is 44.9 Å². The van der Waals surface area contributed by atoms with Crippen molar-refractivity contribution in [1.82, 2.24) is 9.47 Å². The smallest absolute Gasteiger partial charge is 0.131 e. The number of nitrogens with zero attached hydrogens (tertiary/aromatic N) is 2. The number of aliphatic hydroxyl groups excluding tert-OH is 1. The maximum Gasteiger partial charge on any atom is 0.131 e. The molecule has 1 N–H and O–H groups in total. The molecule has 2 aromatic rings. The first-order chi connectivity index (χ1) is 10.2. The molecule has 1 fully saturated rings. The number of aromatic nitrogens is 1. The van der Waals surface area contributed by atoms with Gasteiger partial charge in [0.15, 0.2) is 0 Å². The molecule has 3 heteroatoms. The fourth-order valence-corrected chi connectivity index (χ4v) is 5.09. The summed E-state index contributed by atoms with van der Waals surface area (Å²) in [6, 6.07) is 7.29. The monoisotopic (exact) mass is 282 g/mol. The molecule has 0 amide bonds. The maximum atomic E-state index is 10.8. The van der Waals surface area contributed by atoms with Crippen LogP contribution in [0.3, 0.4) is 0 Å². The standard InChI is InChI=1S/C18H22N2O/c1-11-4-5-13-14-6-8-19-7-2-3-12-10-16(21)20(15(13)9-11)18(14)17(12)19/h4-5,9,12,16-17,21H,2-3,6-8,10H2,1H3/t12-,16?,17-/m1/s1. The van der Waals surface area contributed by atoms with Crippen molar-refractivity contribution in [2.75, 3.05) is 13.1 Å². The Bertz CT molecular complexity index is 732. The van der Waals surface area contributed by atoms with E-state index in [1.807, 2.05) is 0 Å². The van der Waals surface area contributed by atoms with Crippen molar-refractivity contribution < 1.29 is 5.11 Å². The van der Waals surface area contributed by atoms with Crippen LogP contribution in [0.25, 0.3) is 10.9 Å². The molecule has 110 valence electrons. The normalized spacial score (nSPS) is 31.4. The molecule has 0 radical (unpaired) electrons. The van der Waals surface area contributed by atoms with Gasteiger partial charge in [0.05, 0.1) is 11.6 Å². The van der Waals surface area contributed by atoms with E-state index in [0.717, 1.165) is 12.8 Å². The molecule has 0 aliphatic carbocycles. The van der Waals surface area contributed by atoms with Gasteiger partial charge in [-0.2, -0.15) is 0 Å². The van der Waals surface area contributed by atoms with Crippen LogP contribution in [-0.4, -0.2) is 27.7 Å². The van der Waals surface area contributed by atoms with E-state index in [2.05, 4.69) is 34.6 Å². The number of rotatable bonds is 0. The summed E-state index contributed by atoms with van der Waals surface area (Å²) >= 11 is 0. The number of aliphatic hydroxyl groups is 1. The van der Waals surface area contributed by atoms with Crippen molar-refractivity contribution in [2.24, 2.45) is 5.92 Å². The lowest BCUT2D eigenvalue weighted by Crippen LogP contribution is -2.47.